The molecule has 0 spiro atoms. The molecule has 44 heavy (non-hydrogen) atoms. The zero-order valence-electron chi connectivity index (χ0n) is 27.3. The van der Waals surface area contributed by atoms with Crippen LogP contribution in [0.5, 0.6) is 0 Å². The summed E-state index contributed by atoms with van der Waals surface area (Å²) in [5.74, 6) is 1.22. The number of nitrogens with zero attached hydrogens (tertiary/aromatic N) is 2. The Morgan fingerprint density at radius 1 is 0.591 bits per heavy atom. The standard InChI is InChI=1S/C22H28BNO2.C16H16BrN/c1-15(2)14-24-19-10-8-7-9-17(19)18-12-11-16(13-20(18)24)23-25-21(3,4)22(5,6)26-23;1-11(2)10-18-15-6-4-3-5-13(15)14-8-7-12(17)9-16(14)18/h7-13,15H,14H2,1-6H3;3-9,11H,10H2,1-2H3. The number of hydrogen-bond donors (Lipinski definition) is 0. The number of rotatable bonds is 5. The Bertz CT molecular complexity index is 1950. The summed E-state index contributed by atoms with van der Waals surface area (Å²) in [5, 5.41) is 5.29. The van der Waals surface area contributed by atoms with Crippen molar-refractivity contribution >= 4 is 72.1 Å². The lowest BCUT2D eigenvalue weighted by Crippen LogP contribution is -2.41. The monoisotopic (exact) mass is 650 g/mol. The third-order valence-electron chi connectivity index (χ3n) is 9.15. The van der Waals surface area contributed by atoms with E-state index in [0.29, 0.717) is 11.8 Å². The minimum Gasteiger partial charge on any atom is -0.399 e. The maximum Gasteiger partial charge on any atom is 0.494 e. The average molecular weight is 651 g/mol. The van der Waals surface area contributed by atoms with E-state index in [0.717, 1.165) is 23.0 Å². The predicted molar refractivity (Wildman–Crippen MR) is 192 cm³/mol. The molecular weight excluding hydrogens is 607 g/mol. The number of halogens is 1. The predicted octanol–water partition coefficient (Wildman–Crippen LogP) is 9.96. The van der Waals surface area contributed by atoms with Crippen LogP contribution in [0.15, 0.2) is 89.4 Å². The molecule has 228 valence electrons. The van der Waals surface area contributed by atoms with Crippen molar-refractivity contribution < 1.29 is 9.31 Å². The molecule has 0 unspecified atom stereocenters. The minimum atomic E-state index is -0.324. The zero-order chi connectivity index (χ0) is 31.4. The van der Waals surface area contributed by atoms with Crippen LogP contribution in [0.3, 0.4) is 0 Å². The summed E-state index contributed by atoms with van der Waals surface area (Å²) >= 11 is 3.58. The maximum atomic E-state index is 6.26. The molecule has 0 atom stereocenters. The fourth-order valence-electron chi connectivity index (χ4n) is 6.34. The van der Waals surface area contributed by atoms with E-state index in [1.54, 1.807) is 0 Å². The molecule has 2 aromatic heterocycles. The summed E-state index contributed by atoms with van der Waals surface area (Å²) < 4.78 is 18.5. The van der Waals surface area contributed by atoms with Gasteiger partial charge in [-0.05, 0) is 75.3 Å². The summed E-state index contributed by atoms with van der Waals surface area (Å²) in [7, 11) is -0.324. The molecule has 3 heterocycles. The molecule has 4 aromatic carbocycles. The van der Waals surface area contributed by atoms with Gasteiger partial charge >= 0.3 is 7.12 Å². The van der Waals surface area contributed by atoms with Crippen LogP contribution in [0.25, 0.3) is 43.6 Å². The van der Waals surface area contributed by atoms with Gasteiger partial charge in [-0.15, -0.1) is 0 Å². The summed E-state index contributed by atoms with van der Waals surface area (Å²) in [5.41, 5.74) is 5.64. The Kier molecular flexibility index (Phi) is 8.23. The van der Waals surface area contributed by atoms with E-state index < -0.39 is 0 Å². The molecule has 6 heteroatoms. The van der Waals surface area contributed by atoms with E-state index in [4.69, 9.17) is 9.31 Å². The molecule has 0 N–H and O–H groups in total. The first-order valence-corrected chi connectivity index (χ1v) is 16.7. The highest BCUT2D eigenvalue weighted by Gasteiger charge is 2.51. The van der Waals surface area contributed by atoms with Gasteiger partial charge in [0, 0.05) is 55.7 Å². The molecule has 6 aromatic rings. The van der Waals surface area contributed by atoms with Gasteiger partial charge in [0.05, 0.1) is 16.7 Å². The first kappa shape index (κ1) is 30.9. The van der Waals surface area contributed by atoms with Gasteiger partial charge in [0.2, 0.25) is 0 Å². The van der Waals surface area contributed by atoms with Gasteiger partial charge in [-0.3, -0.25) is 0 Å². The van der Waals surface area contributed by atoms with Crippen LogP contribution >= 0.6 is 15.9 Å². The van der Waals surface area contributed by atoms with Crippen molar-refractivity contribution in [2.24, 2.45) is 11.8 Å². The Labute approximate surface area is 270 Å². The molecular formula is C38H44BBrN2O2. The minimum absolute atomic E-state index is 0.322. The molecule has 4 nitrogen and oxygen atoms in total. The largest absolute Gasteiger partial charge is 0.494 e. The fraction of sp³-hybridized carbons (Fsp3) is 0.368. The molecule has 0 radical (unpaired) electrons. The highest BCUT2D eigenvalue weighted by molar-refractivity contribution is 9.10. The van der Waals surface area contributed by atoms with E-state index in [-0.39, 0.29) is 18.3 Å². The molecule has 1 fully saturated rings. The molecule has 0 amide bonds. The second-order valence-electron chi connectivity index (χ2n) is 14.1. The molecule has 0 bridgehead atoms. The Morgan fingerprint density at radius 2 is 1.02 bits per heavy atom. The van der Waals surface area contributed by atoms with Gasteiger partial charge in [0.1, 0.15) is 0 Å². The van der Waals surface area contributed by atoms with E-state index in [1.165, 1.54) is 43.6 Å². The summed E-state index contributed by atoms with van der Waals surface area (Å²) in [6.45, 7) is 19.5. The van der Waals surface area contributed by atoms with Crippen molar-refractivity contribution in [1.29, 1.82) is 0 Å². The van der Waals surface area contributed by atoms with Crippen LogP contribution in [0.4, 0.5) is 0 Å². The van der Waals surface area contributed by atoms with Gasteiger partial charge in [0.15, 0.2) is 0 Å². The number of fused-ring (bicyclic) bond motifs is 6. The van der Waals surface area contributed by atoms with Crippen molar-refractivity contribution in [3.63, 3.8) is 0 Å². The topological polar surface area (TPSA) is 28.3 Å². The zero-order valence-corrected chi connectivity index (χ0v) is 28.9. The van der Waals surface area contributed by atoms with E-state index in [1.807, 2.05) is 0 Å². The van der Waals surface area contributed by atoms with Crippen molar-refractivity contribution in [3.8, 4) is 0 Å². The van der Waals surface area contributed by atoms with Crippen molar-refractivity contribution in [2.45, 2.75) is 79.7 Å². The van der Waals surface area contributed by atoms with Crippen LogP contribution in [-0.2, 0) is 22.4 Å². The molecule has 1 saturated heterocycles. The summed E-state index contributed by atoms with van der Waals surface area (Å²) in [4.78, 5) is 0. The van der Waals surface area contributed by atoms with Crippen molar-refractivity contribution in [1.82, 2.24) is 9.13 Å². The highest BCUT2D eigenvalue weighted by atomic mass is 79.9. The lowest BCUT2D eigenvalue weighted by Gasteiger charge is -2.32. The molecule has 1 aliphatic heterocycles. The van der Waals surface area contributed by atoms with Crippen LogP contribution in [-0.4, -0.2) is 27.5 Å². The first-order valence-electron chi connectivity index (χ1n) is 15.9. The Balaban J connectivity index is 0.000000167. The number of hydrogen-bond acceptors (Lipinski definition) is 2. The normalized spacial score (nSPS) is 16.1. The van der Waals surface area contributed by atoms with Crippen LogP contribution in [0.2, 0.25) is 0 Å². The Morgan fingerprint density at radius 3 is 1.52 bits per heavy atom. The van der Waals surface area contributed by atoms with Crippen molar-refractivity contribution in [3.05, 3.63) is 89.4 Å². The van der Waals surface area contributed by atoms with Gasteiger partial charge in [-0.25, -0.2) is 0 Å². The lowest BCUT2D eigenvalue weighted by molar-refractivity contribution is 0.00578. The third kappa shape index (κ3) is 5.61. The Hall–Kier alpha value is -3.06. The SMILES string of the molecule is CC(C)Cn1c2ccccc2c2ccc(B3OC(C)(C)C(C)(C)O3)cc21.CC(C)Cn1c2ccccc2c2ccc(Br)cc21. The van der Waals surface area contributed by atoms with Gasteiger partial charge < -0.3 is 18.4 Å². The molecule has 0 saturated carbocycles. The number of aromatic nitrogens is 2. The van der Waals surface area contributed by atoms with Crippen molar-refractivity contribution in [2.75, 3.05) is 0 Å². The van der Waals surface area contributed by atoms with Gasteiger partial charge in [-0.1, -0.05) is 98.2 Å². The van der Waals surface area contributed by atoms with E-state index in [9.17, 15) is 0 Å². The maximum absolute atomic E-state index is 6.26. The number of para-hydroxylation sites is 2. The van der Waals surface area contributed by atoms with Crippen LogP contribution in [0, 0.1) is 11.8 Å². The van der Waals surface area contributed by atoms with Crippen LogP contribution in [0.1, 0.15) is 55.4 Å². The first-order chi connectivity index (χ1) is 20.9. The molecule has 0 aliphatic carbocycles. The van der Waals surface area contributed by atoms with Gasteiger partial charge in [-0.2, -0.15) is 0 Å². The second-order valence-corrected chi connectivity index (χ2v) is 15.0. The quantitative estimate of drug-likeness (QED) is 0.174. The molecule has 7 rings (SSSR count). The lowest BCUT2D eigenvalue weighted by atomic mass is 9.79. The van der Waals surface area contributed by atoms with Gasteiger partial charge in [0.25, 0.3) is 0 Å². The summed E-state index contributed by atoms with van der Waals surface area (Å²) in [6.07, 6.45) is 0. The van der Waals surface area contributed by atoms with Crippen LogP contribution < -0.4 is 5.46 Å². The average Bonchev–Trinajstić information content (AvgIpc) is 3.52. The fourth-order valence-corrected chi connectivity index (χ4v) is 6.69. The van der Waals surface area contributed by atoms with E-state index in [2.05, 4.69) is 165 Å². The third-order valence-corrected chi connectivity index (χ3v) is 9.65. The smallest absolute Gasteiger partial charge is 0.399 e. The molecule has 1 aliphatic rings. The summed E-state index contributed by atoms with van der Waals surface area (Å²) in [6, 6.07) is 30.5. The number of benzene rings is 4. The van der Waals surface area contributed by atoms with E-state index >= 15 is 0 Å². The second kappa shape index (κ2) is 11.7. The highest BCUT2D eigenvalue weighted by Crippen LogP contribution is 2.37.